The summed E-state index contributed by atoms with van der Waals surface area (Å²) in [7, 11) is 0. The molecular formula is C17H22N2O2. The van der Waals surface area contributed by atoms with Crippen LogP contribution in [0.2, 0.25) is 0 Å². The summed E-state index contributed by atoms with van der Waals surface area (Å²) in [6.07, 6.45) is 2.99. The lowest BCUT2D eigenvalue weighted by molar-refractivity contribution is 0.0870. The second-order valence-corrected chi connectivity index (χ2v) is 5.51. The molecule has 1 aromatic rings. The number of amides is 1. The summed E-state index contributed by atoms with van der Waals surface area (Å²) in [4.78, 5) is 13.6. The first kappa shape index (κ1) is 15.4. The van der Waals surface area contributed by atoms with E-state index in [-0.39, 0.29) is 6.09 Å². The molecule has 1 saturated heterocycles. The molecule has 0 unspecified atom stereocenters. The maximum atomic E-state index is 11.9. The van der Waals surface area contributed by atoms with Gasteiger partial charge in [-0.25, -0.2) is 4.79 Å². The van der Waals surface area contributed by atoms with Crippen molar-refractivity contribution in [1.82, 2.24) is 4.90 Å². The number of ether oxygens (including phenoxy) is 1. The van der Waals surface area contributed by atoms with Crippen LogP contribution in [0.15, 0.2) is 30.3 Å². The number of hydrogen-bond acceptors (Lipinski definition) is 3. The monoisotopic (exact) mass is 286 g/mol. The molecule has 4 heteroatoms. The van der Waals surface area contributed by atoms with Crippen molar-refractivity contribution in [3.63, 3.8) is 0 Å². The molecule has 1 aliphatic heterocycles. The molecule has 0 N–H and O–H groups in total. The molecule has 0 spiro atoms. The fourth-order valence-corrected chi connectivity index (χ4v) is 2.69. The van der Waals surface area contributed by atoms with Gasteiger partial charge in [-0.3, -0.25) is 0 Å². The third-order valence-electron chi connectivity index (χ3n) is 4.14. The highest BCUT2D eigenvalue weighted by atomic mass is 16.6. The van der Waals surface area contributed by atoms with Crippen LogP contribution in [-0.4, -0.2) is 30.7 Å². The summed E-state index contributed by atoms with van der Waals surface area (Å²) < 4.78 is 5.23. The number of nitriles is 1. The van der Waals surface area contributed by atoms with Gasteiger partial charge in [-0.2, -0.15) is 5.26 Å². The maximum Gasteiger partial charge on any atom is 0.409 e. The smallest absolute Gasteiger partial charge is 0.409 e. The highest BCUT2D eigenvalue weighted by molar-refractivity contribution is 5.67. The predicted molar refractivity (Wildman–Crippen MR) is 80.8 cm³/mol. The van der Waals surface area contributed by atoms with Crippen LogP contribution in [0.3, 0.4) is 0 Å². The highest BCUT2D eigenvalue weighted by Gasteiger charge is 2.37. The number of benzene rings is 1. The van der Waals surface area contributed by atoms with E-state index in [1.807, 2.05) is 30.3 Å². The minimum atomic E-state index is -0.471. The molecule has 0 saturated carbocycles. The average molecular weight is 286 g/mol. The SMILES string of the molecule is CCCCOC(=O)N1CCC(C#N)(c2ccccc2)CC1. The van der Waals surface area contributed by atoms with Crippen LogP contribution in [0.25, 0.3) is 0 Å². The number of likely N-dealkylation sites (tertiary alicyclic amines) is 1. The normalized spacial score (nSPS) is 17.0. The Hall–Kier alpha value is -2.02. The van der Waals surface area contributed by atoms with Gasteiger partial charge < -0.3 is 9.64 Å². The van der Waals surface area contributed by atoms with Gasteiger partial charge in [0.05, 0.1) is 18.1 Å². The molecule has 1 amide bonds. The number of carbonyl (C=O) groups is 1. The number of nitrogens with zero attached hydrogens (tertiary/aromatic N) is 2. The zero-order valence-electron chi connectivity index (χ0n) is 12.5. The van der Waals surface area contributed by atoms with Crippen molar-refractivity contribution < 1.29 is 9.53 Å². The Kier molecular flexibility index (Phi) is 5.21. The molecule has 112 valence electrons. The lowest BCUT2D eigenvalue weighted by atomic mass is 9.74. The van der Waals surface area contributed by atoms with E-state index >= 15 is 0 Å². The van der Waals surface area contributed by atoms with Crippen LogP contribution < -0.4 is 0 Å². The third-order valence-corrected chi connectivity index (χ3v) is 4.14. The second-order valence-electron chi connectivity index (χ2n) is 5.51. The standard InChI is InChI=1S/C17H22N2O2/c1-2-3-13-21-16(20)19-11-9-17(14-18,10-12-19)15-7-5-4-6-8-15/h4-8H,2-3,9-13H2,1H3. The Balaban J connectivity index is 1.95. The van der Waals surface area contributed by atoms with Gasteiger partial charge in [-0.15, -0.1) is 0 Å². The number of piperidine rings is 1. The van der Waals surface area contributed by atoms with E-state index in [0.29, 0.717) is 32.5 Å². The summed E-state index contributed by atoms with van der Waals surface area (Å²) in [6.45, 7) is 3.70. The molecule has 4 nitrogen and oxygen atoms in total. The highest BCUT2D eigenvalue weighted by Crippen LogP contribution is 2.34. The van der Waals surface area contributed by atoms with Gasteiger partial charge in [0.1, 0.15) is 0 Å². The third kappa shape index (κ3) is 3.55. The van der Waals surface area contributed by atoms with Gasteiger partial charge in [0.25, 0.3) is 0 Å². The molecule has 0 bridgehead atoms. The van der Waals surface area contributed by atoms with Crippen LogP contribution in [0.5, 0.6) is 0 Å². The van der Waals surface area contributed by atoms with E-state index in [1.54, 1.807) is 4.90 Å². The van der Waals surface area contributed by atoms with E-state index in [2.05, 4.69) is 13.0 Å². The lowest BCUT2D eigenvalue weighted by Gasteiger charge is -2.37. The zero-order valence-corrected chi connectivity index (χ0v) is 12.5. The van der Waals surface area contributed by atoms with Crippen molar-refractivity contribution in [2.24, 2.45) is 0 Å². The number of hydrogen-bond donors (Lipinski definition) is 0. The molecule has 0 aliphatic carbocycles. The topological polar surface area (TPSA) is 53.3 Å². The van der Waals surface area contributed by atoms with E-state index in [9.17, 15) is 10.1 Å². The molecule has 0 radical (unpaired) electrons. The molecule has 1 fully saturated rings. The van der Waals surface area contributed by atoms with Gasteiger partial charge in [0.2, 0.25) is 0 Å². The van der Waals surface area contributed by atoms with Crippen molar-refractivity contribution in [3.05, 3.63) is 35.9 Å². The Morgan fingerprint density at radius 1 is 1.33 bits per heavy atom. The summed E-state index contributed by atoms with van der Waals surface area (Å²) in [6, 6.07) is 12.3. The maximum absolute atomic E-state index is 11.9. The van der Waals surface area contributed by atoms with E-state index in [0.717, 1.165) is 18.4 Å². The summed E-state index contributed by atoms with van der Waals surface area (Å²) in [5.41, 5.74) is 0.577. The van der Waals surface area contributed by atoms with Gasteiger partial charge in [0.15, 0.2) is 0 Å². The quantitative estimate of drug-likeness (QED) is 0.796. The summed E-state index contributed by atoms with van der Waals surface area (Å²) in [5.74, 6) is 0. The number of rotatable bonds is 4. The number of unbranched alkanes of at least 4 members (excludes halogenated alkanes) is 1. The van der Waals surface area contributed by atoms with Crippen molar-refractivity contribution in [1.29, 1.82) is 5.26 Å². The first-order valence-electron chi connectivity index (χ1n) is 7.60. The Bertz CT molecular complexity index is 499. The molecule has 21 heavy (non-hydrogen) atoms. The van der Waals surface area contributed by atoms with Gasteiger partial charge >= 0.3 is 6.09 Å². The molecule has 0 aromatic heterocycles. The van der Waals surface area contributed by atoms with E-state index in [4.69, 9.17) is 4.74 Å². The Labute approximate surface area is 126 Å². The first-order chi connectivity index (χ1) is 10.2. The van der Waals surface area contributed by atoms with Crippen molar-refractivity contribution >= 4 is 6.09 Å². The fraction of sp³-hybridized carbons (Fsp3) is 0.529. The summed E-state index contributed by atoms with van der Waals surface area (Å²) >= 11 is 0. The minimum absolute atomic E-state index is 0.247. The van der Waals surface area contributed by atoms with E-state index < -0.39 is 5.41 Å². The minimum Gasteiger partial charge on any atom is -0.449 e. The lowest BCUT2D eigenvalue weighted by Crippen LogP contribution is -2.44. The van der Waals surface area contributed by atoms with Crippen LogP contribution >= 0.6 is 0 Å². The molecule has 1 heterocycles. The molecule has 1 aromatic carbocycles. The van der Waals surface area contributed by atoms with Crippen LogP contribution in [-0.2, 0) is 10.2 Å². The van der Waals surface area contributed by atoms with Crippen molar-refractivity contribution in [3.8, 4) is 6.07 Å². The summed E-state index contributed by atoms with van der Waals surface area (Å²) in [5, 5.41) is 9.61. The van der Waals surface area contributed by atoms with Gasteiger partial charge in [-0.05, 0) is 24.8 Å². The van der Waals surface area contributed by atoms with Gasteiger partial charge in [0, 0.05) is 13.1 Å². The van der Waals surface area contributed by atoms with Crippen LogP contribution in [0.4, 0.5) is 4.79 Å². The fourth-order valence-electron chi connectivity index (χ4n) is 2.69. The zero-order chi connectivity index (χ0) is 15.1. The first-order valence-corrected chi connectivity index (χ1v) is 7.60. The molecule has 2 rings (SSSR count). The molecular weight excluding hydrogens is 264 g/mol. The predicted octanol–water partition coefficient (Wildman–Crippen LogP) is 3.48. The van der Waals surface area contributed by atoms with Crippen LogP contribution in [0.1, 0.15) is 38.2 Å². The Morgan fingerprint density at radius 2 is 2.00 bits per heavy atom. The van der Waals surface area contributed by atoms with Crippen LogP contribution in [0, 0.1) is 11.3 Å². The largest absolute Gasteiger partial charge is 0.449 e. The molecule has 1 aliphatic rings. The van der Waals surface area contributed by atoms with Crippen molar-refractivity contribution in [2.75, 3.05) is 19.7 Å². The van der Waals surface area contributed by atoms with Crippen molar-refractivity contribution in [2.45, 2.75) is 38.0 Å². The molecule has 0 atom stereocenters. The van der Waals surface area contributed by atoms with E-state index in [1.165, 1.54) is 0 Å². The average Bonchev–Trinajstić information content (AvgIpc) is 2.56. The van der Waals surface area contributed by atoms with Gasteiger partial charge in [-0.1, -0.05) is 43.7 Å². The Morgan fingerprint density at radius 3 is 2.57 bits per heavy atom. The number of carbonyl (C=O) groups excluding carboxylic acids is 1. The second kappa shape index (κ2) is 7.12.